The smallest absolute Gasteiger partial charge is 0.315 e. The second-order valence-corrected chi connectivity index (χ2v) is 7.98. The van der Waals surface area contributed by atoms with Gasteiger partial charge in [0.05, 0.1) is 6.54 Å². The first-order valence-electron chi connectivity index (χ1n) is 8.49. The second-order valence-electron chi connectivity index (χ2n) is 7.98. The van der Waals surface area contributed by atoms with Crippen molar-refractivity contribution in [2.75, 3.05) is 27.2 Å². The Kier molecular flexibility index (Phi) is 7.24. The largest absolute Gasteiger partial charge is 0.384 e. The predicted molar refractivity (Wildman–Crippen MR) is 99.0 cm³/mol. The van der Waals surface area contributed by atoms with Crippen LogP contribution in [0.15, 0.2) is 30.3 Å². The molecule has 0 aliphatic rings. The molecule has 5 heteroatoms. The minimum Gasteiger partial charge on any atom is -0.384 e. The van der Waals surface area contributed by atoms with Crippen molar-refractivity contribution in [3.05, 3.63) is 35.9 Å². The van der Waals surface area contributed by atoms with Crippen molar-refractivity contribution < 1.29 is 9.90 Å². The summed E-state index contributed by atoms with van der Waals surface area (Å²) in [7, 11) is 4.05. The molecule has 0 spiro atoms. The quantitative estimate of drug-likeness (QED) is 0.717. The van der Waals surface area contributed by atoms with Gasteiger partial charge in [-0.3, -0.25) is 0 Å². The highest BCUT2D eigenvalue weighted by atomic mass is 16.3. The van der Waals surface area contributed by atoms with E-state index in [9.17, 15) is 9.90 Å². The van der Waals surface area contributed by atoms with Gasteiger partial charge in [-0.2, -0.15) is 0 Å². The van der Waals surface area contributed by atoms with Crippen LogP contribution in [0.25, 0.3) is 0 Å². The van der Waals surface area contributed by atoms with Gasteiger partial charge >= 0.3 is 6.03 Å². The normalized spacial score (nSPS) is 15.7. The van der Waals surface area contributed by atoms with Crippen LogP contribution >= 0.6 is 0 Å². The molecule has 0 aliphatic heterocycles. The topological polar surface area (TPSA) is 64.6 Å². The van der Waals surface area contributed by atoms with Crippen LogP contribution in [0, 0.1) is 5.41 Å². The molecule has 24 heavy (non-hydrogen) atoms. The van der Waals surface area contributed by atoms with Gasteiger partial charge in [0.1, 0.15) is 5.60 Å². The van der Waals surface area contributed by atoms with E-state index in [1.54, 1.807) is 6.92 Å². The van der Waals surface area contributed by atoms with Crippen LogP contribution in [0.4, 0.5) is 4.79 Å². The van der Waals surface area contributed by atoms with Crippen molar-refractivity contribution in [3.8, 4) is 0 Å². The number of benzene rings is 1. The first kappa shape index (κ1) is 20.5. The van der Waals surface area contributed by atoms with Crippen LogP contribution in [0.1, 0.15) is 39.7 Å². The molecular weight excluding hydrogens is 302 g/mol. The molecule has 1 rings (SSSR count). The van der Waals surface area contributed by atoms with Gasteiger partial charge < -0.3 is 20.6 Å². The van der Waals surface area contributed by atoms with Crippen molar-refractivity contribution in [1.82, 2.24) is 15.5 Å². The standard InChI is InChI=1S/C19H33N3O2/c1-18(2,3)16(12-13-22(5)6)21-17(23)20-14-19(4,24)15-10-8-7-9-11-15/h7-11,16,24H,12-14H2,1-6H3,(H2,20,21,23). The van der Waals surface area contributed by atoms with E-state index < -0.39 is 5.60 Å². The highest BCUT2D eigenvalue weighted by molar-refractivity contribution is 5.74. The molecule has 0 aromatic heterocycles. The molecule has 1 aromatic carbocycles. The lowest BCUT2D eigenvalue weighted by atomic mass is 9.84. The molecular formula is C19H33N3O2. The molecule has 0 saturated carbocycles. The number of rotatable bonds is 7. The lowest BCUT2D eigenvalue weighted by Crippen LogP contribution is -2.51. The fourth-order valence-electron chi connectivity index (χ4n) is 2.47. The van der Waals surface area contributed by atoms with Crippen LogP contribution in [0.2, 0.25) is 0 Å². The Hall–Kier alpha value is -1.59. The lowest BCUT2D eigenvalue weighted by Gasteiger charge is -2.33. The minimum atomic E-state index is -1.10. The summed E-state index contributed by atoms with van der Waals surface area (Å²) in [6, 6.07) is 9.18. The summed E-state index contributed by atoms with van der Waals surface area (Å²) in [5.41, 5.74) is -0.348. The second kappa shape index (κ2) is 8.49. The molecule has 1 aromatic rings. The number of urea groups is 1. The highest BCUT2D eigenvalue weighted by Crippen LogP contribution is 2.22. The Morgan fingerprint density at radius 2 is 1.75 bits per heavy atom. The maximum atomic E-state index is 12.3. The van der Waals surface area contributed by atoms with E-state index in [0.717, 1.165) is 18.5 Å². The van der Waals surface area contributed by atoms with Gasteiger partial charge in [-0.1, -0.05) is 51.1 Å². The van der Waals surface area contributed by atoms with Gasteiger partial charge in [-0.05, 0) is 45.0 Å². The van der Waals surface area contributed by atoms with Crippen LogP contribution in [0.5, 0.6) is 0 Å². The number of nitrogens with one attached hydrogen (secondary N) is 2. The maximum absolute atomic E-state index is 12.3. The number of carbonyl (C=O) groups excluding carboxylic acids is 1. The Morgan fingerprint density at radius 3 is 2.25 bits per heavy atom. The van der Waals surface area contributed by atoms with Gasteiger partial charge in [0.25, 0.3) is 0 Å². The zero-order chi connectivity index (χ0) is 18.4. The number of hydrogen-bond acceptors (Lipinski definition) is 3. The van der Waals surface area contributed by atoms with E-state index in [4.69, 9.17) is 0 Å². The molecule has 0 fully saturated rings. The Morgan fingerprint density at radius 1 is 1.17 bits per heavy atom. The van der Waals surface area contributed by atoms with Crippen LogP contribution < -0.4 is 10.6 Å². The molecule has 2 unspecified atom stereocenters. The average molecular weight is 335 g/mol. The van der Waals surface area contributed by atoms with Gasteiger partial charge in [0.15, 0.2) is 0 Å². The molecule has 0 bridgehead atoms. The zero-order valence-corrected chi connectivity index (χ0v) is 15.9. The highest BCUT2D eigenvalue weighted by Gasteiger charge is 2.28. The summed E-state index contributed by atoms with van der Waals surface area (Å²) in [4.78, 5) is 14.4. The number of amides is 2. The van der Waals surface area contributed by atoms with Crippen molar-refractivity contribution in [1.29, 1.82) is 0 Å². The van der Waals surface area contributed by atoms with Crippen LogP contribution in [0.3, 0.4) is 0 Å². The van der Waals surface area contributed by atoms with Gasteiger partial charge in [-0.15, -0.1) is 0 Å². The average Bonchev–Trinajstić information content (AvgIpc) is 2.49. The third kappa shape index (κ3) is 6.89. The molecule has 3 N–H and O–H groups in total. The third-order valence-corrected chi connectivity index (χ3v) is 4.20. The Balaban J connectivity index is 2.59. The third-order valence-electron chi connectivity index (χ3n) is 4.20. The number of hydrogen-bond donors (Lipinski definition) is 3. The van der Waals surface area contributed by atoms with Crippen molar-refractivity contribution >= 4 is 6.03 Å². The first-order chi connectivity index (χ1) is 11.0. The number of aliphatic hydroxyl groups is 1. The Bertz CT molecular complexity index is 507. The van der Waals surface area contributed by atoms with E-state index in [2.05, 4.69) is 36.3 Å². The summed E-state index contributed by atoms with van der Waals surface area (Å²) in [6.45, 7) is 9.13. The molecule has 5 nitrogen and oxygen atoms in total. The summed E-state index contributed by atoms with van der Waals surface area (Å²) in [5.74, 6) is 0. The van der Waals surface area contributed by atoms with E-state index >= 15 is 0 Å². The molecule has 136 valence electrons. The predicted octanol–water partition coefficient (Wildman–Crippen LogP) is 2.56. The summed E-state index contributed by atoms with van der Waals surface area (Å²) < 4.78 is 0. The monoisotopic (exact) mass is 335 g/mol. The lowest BCUT2D eigenvalue weighted by molar-refractivity contribution is 0.0590. The summed E-state index contributed by atoms with van der Waals surface area (Å²) in [6.07, 6.45) is 0.874. The van der Waals surface area contributed by atoms with Gasteiger partial charge in [-0.25, -0.2) is 4.79 Å². The van der Waals surface area contributed by atoms with E-state index in [0.29, 0.717) is 0 Å². The number of nitrogens with zero attached hydrogens (tertiary/aromatic N) is 1. The fourth-order valence-corrected chi connectivity index (χ4v) is 2.47. The molecule has 0 saturated heterocycles. The molecule has 0 aliphatic carbocycles. The van der Waals surface area contributed by atoms with Crippen LogP contribution in [-0.4, -0.2) is 49.3 Å². The molecule has 0 heterocycles. The molecule has 0 radical (unpaired) electrons. The summed E-state index contributed by atoms with van der Waals surface area (Å²) in [5, 5.41) is 16.4. The van der Waals surface area contributed by atoms with Crippen molar-refractivity contribution in [2.24, 2.45) is 5.41 Å². The Labute approximate surface area is 146 Å². The zero-order valence-electron chi connectivity index (χ0n) is 15.9. The fraction of sp³-hybridized carbons (Fsp3) is 0.632. The van der Waals surface area contributed by atoms with Gasteiger partial charge in [0, 0.05) is 6.04 Å². The van der Waals surface area contributed by atoms with E-state index in [1.165, 1.54) is 0 Å². The summed E-state index contributed by atoms with van der Waals surface area (Å²) >= 11 is 0. The first-order valence-corrected chi connectivity index (χ1v) is 8.49. The van der Waals surface area contributed by atoms with Crippen molar-refractivity contribution in [2.45, 2.75) is 45.8 Å². The molecule has 2 amide bonds. The minimum absolute atomic E-state index is 0.0324. The van der Waals surface area contributed by atoms with Gasteiger partial charge in [0.2, 0.25) is 0 Å². The molecule has 2 atom stereocenters. The maximum Gasteiger partial charge on any atom is 0.315 e. The SMILES string of the molecule is CN(C)CCC(NC(=O)NCC(C)(O)c1ccccc1)C(C)(C)C. The van der Waals surface area contributed by atoms with Crippen LogP contribution in [-0.2, 0) is 5.60 Å². The van der Waals surface area contributed by atoms with E-state index in [1.807, 2.05) is 44.4 Å². The number of carbonyl (C=O) groups is 1. The van der Waals surface area contributed by atoms with E-state index in [-0.39, 0.29) is 24.0 Å². The van der Waals surface area contributed by atoms with Crippen molar-refractivity contribution in [3.63, 3.8) is 0 Å².